The number of nitrogens with one attached hydrogen (secondary N) is 1. The molecule has 108 valence electrons. The number of carbonyl (C=O) groups excluding carboxylic acids is 1. The molecule has 0 saturated heterocycles. The minimum atomic E-state index is -0.255. The summed E-state index contributed by atoms with van der Waals surface area (Å²) in [6.45, 7) is 8.77. The summed E-state index contributed by atoms with van der Waals surface area (Å²) in [6.07, 6.45) is 2.12. The quantitative estimate of drug-likeness (QED) is 0.552. The number of rotatable bonds is 11. The minimum absolute atomic E-state index is 0.232. The molecule has 0 bridgehead atoms. The molecule has 18 heavy (non-hydrogen) atoms. The average molecular weight is 258 g/mol. The van der Waals surface area contributed by atoms with Crippen LogP contribution >= 0.6 is 0 Å². The average Bonchev–Trinajstić information content (AvgIpc) is 2.31. The minimum Gasteiger partial charge on any atom is -0.368 e. The predicted octanol–water partition coefficient (Wildman–Crippen LogP) is 0.114. The second-order valence-electron chi connectivity index (χ2n) is 4.96. The molecule has 0 fully saturated rings. The highest BCUT2D eigenvalue weighted by atomic mass is 16.1. The number of nitrogens with zero attached hydrogens (tertiary/aromatic N) is 2. The monoisotopic (exact) mass is 258 g/mol. The number of carbonyl (C=O) groups is 1. The summed E-state index contributed by atoms with van der Waals surface area (Å²) in [5.74, 6) is -0.255. The Morgan fingerprint density at radius 3 is 2.39 bits per heavy atom. The van der Waals surface area contributed by atoms with Crippen LogP contribution in [-0.4, -0.2) is 68.6 Å². The smallest absolute Gasteiger partial charge is 0.235 e. The lowest BCUT2D eigenvalue weighted by atomic mass is 10.2. The summed E-state index contributed by atoms with van der Waals surface area (Å²) in [4.78, 5) is 15.8. The van der Waals surface area contributed by atoms with E-state index in [4.69, 9.17) is 5.73 Å². The van der Waals surface area contributed by atoms with Gasteiger partial charge in [-0.2, -0.15) is 0 Å². The van der Waals surface area contributed by atoms with Crippen molar-refractivity contribution >= 4 is 5.91 Å². The molecular weight excluding hydrogens is 228 g/mol. The molecule has 0 saturated carbocycles. The maximum atomic E-state index is 11.4. The van der Waals surface area contributed by atoms with Crippen molar-refractivity contribution in [3.05, 3.63) is 0 Å². The molecule has 0 aliphatic heterocycles. The fraction of sp³-hybridized carbons (Fsp3) is 0.923. The molecule has 0 aromatic heterocycles. The van der Waals surface area contributed by atoms with Gasteiger partial charge in [-0.25, -0.2) is 0 Å². The number of hydrogen-bond acceptors (Lipinski definition) is 4. The van der Waals surface area contributed by atoms with Crippen molar-refractivity contribution in [1.29, 1.82) is 0 Å². The Morgan fingerprint density at radius 1 is 1.28 bits per heavy atom. The number of amides is 1. The van der Waals surface area contributed by atoms with E-state index >= 15 is 0 Å². The highest BCUT2D eigenvalue weighted by Gasteiger charge is 2.17. The first-order chi connectivity index (χ1) is 8.51. The van der Waals surface area contributed by atoms with Gasteiger partial charge in [0.15, 0.2) is 0 Å². The molecule has 5 nitrogen and oxygen atoms in total. The third-order valence-electron chi connectivity index (χ3n) is 2.95. The van der Waals surface area contributed by atoms with Crippen molar-refractivity contribution in [2.75, 3.05) is 46.8 Å². The van der Waals surface area contributed by atoms with Gasteiger partial charge in [0, 0.05) is 6.54 Å². The van der Waals surface area contributed by atoms with Gasteiger partial charge in [0.1, 0.15) is 0 Å². The zero-order valence-corrected chi connectivity index (χ0v) is 12.4. The van der Waals surface area contributed by atoms with E-state index in [0.717, 1.165) is 39.0 Å². The van der Waals surface area contributed by atoms with E-state index < -0.39 is 0 Å². The molecule has 0 aliphatic rings. The highest BCUT2D eigenvalue weighted by molar-refractivity contribution is 5.80. The highest BCUT2D eigenvalue weighted by Crippen LogP contribution is 1.96. The van der Waals surface area contributed by atoms with Crippen LogP contribution in [0.5, 0.6) is 0 Å². The third kappa shape index (κ3) is 8.44. The van der Waals surface area contributed by atoms with E-state index in [9.17, 15) is 4.79 Å². The fourth-order valence-corrected chi connectivity index (χ4v) is 1.82. The van der Waals surface area contributed by atoms with Gasteiger partial charge in [-0.15, -0.1) is 0 Å². The summed E-state index contributed by atoms with van der Waals surface area (Å²) in [7, 11) is 4.15. The van der Waals surface area contributed by atoms with Crippen LogP contribution in [0, 0.1) is 0 Å². The van der Waals surface area contributed by atoms with Crippen molar-refractivity contribution in [1.82, 2.24) is 15.1 Å². The molecule has 0 spiro atoms. The topological polar surface area (TPSA) is 61.6 Å². The van der Waals surface area contributed by atoms with Crippen molar-refractivity contribution in [2.24, 2.45) is 5.73 Å². The maximum absolute atomic E-state index is 11.4. The molecule has 0 aromatic rings. The number of likely N-dealkylation sites (N-methyl/N-ethyl adjacent to an activating group) is 1. The van der Waals surface area contributed by atoms with E-state index in [2.05, 4.69) is 43.1 Å². The van der Waals surface area contributed by atoms with Gasteiger partial charge in [-0.1, -0.05) is 13.8 Å². The standard InChI is InChI=1S/C13H30N4O/c1-5-8-15-12(13(14)18)11-17(6-2)10-7-9-16(3)4/h12,15H,5-11H2,1-4H3,(H2,14,18). The SMILES string of the molecule is CCCNC(CN(CC)CCCN(C)C)C(N)=O. The van der Waals surface area contributed by atoms with E-state index in [-0.39, 0.29) is 11.9 Å². The van der Waals surface area contributed by atoms with Crippen LogP contribution in [0.3, 0.4) is 0 Å². The predicted molar refractivity (Wildman–Crippen MR) is 76.6 cm³/mol. The summed E-state index contributed by atoms with van der Waals surface area (Å²) < 4.78 is 0. The van der Waals surface area contributed by atoms with Gasteiger partial charge >= 0.3 is 0 Å². The van der Waals surface area contributed by atoms with Crippen LogP contribution < -0.4 is 11.1 Å². The molecular formula is C13H30N4O. The van der Waals surface area contributed by atoms with Gasteiger partial charge in [-0.05, 0) is 53.1 Å². The third-order valence-corrected chi connectivity index (χ3v) is 2.95. The summed E-state index contributed by atoms with van der Waals surface area (Å²) >= 11 is 0. The normalized spacial score (nSPS) is 13.2. The largest absolute Gasteiger partial charge is 0.368 e. The Labute approximate surface area is 112 Å². The summed E-state index contributed by atoms with van der Waals surface area (Å²) in [5, 5.41) is 3.21. The Hall–Kier alpha value is -0.650. The molecule has 0 aromatic carbocycles. The van der Waals surface area contributed by atoms with Crippen LogP contribution in [0.4, 0.5) is 0 Å². The lowest BCUT2D eigenvalue weighted by Crippen LogP contribution is -2.49. The van der Waals surface area contributed by atoms with Crippen LogP contribution in [0.1, 0.15) is 26.7 Å². The van der Waals surface area contributed by atoms with Gasteiger partial charge in [0.25, 0.3) is 0 Å². The van der Waals surface area contributed by atoms with Gasteiger partial charge in [0.05, 0.1) is 6.04 Å². The number of hydrogen-bond donors (Lipinski definition) is 2. The summed E-state index contributed by atoms with van der Waals surface area (Å²) in [5.41, 5.74) is 5.42. The van der Waals surface area contributed by atoms with Gasteiger partial charge in [-0.3, -0.25) is 4.79 Å². The second kappa shape index (κ2) is 10.3. The molecule has 3 N–H and O–H groups in total. The van der Waals surface area contributed by atoms with Crippen LogP contribution in [0.25, 0.3) is 0 Å². The van der Waals surface area contributed by atoms with Crippen molar-refractivity contribution < 1.29 is 4.79 Å². The molecule has 1 amide bonds. The molecule has 0 aliphatic carbocycles. The van der Waals surface area contributed by atoms with Crippen molar-refractivity contribution in [3.8, 4) is 0 Å². The first-order valence-corrected chi connectivity index (χ1v) is 6.91. The molecule has 0 heterocycles. The second-order valence-corrected chi connectivity index (χ2v) is 4.96. The lowest BCUT2D eigenvalue weighted by Gasteiger charge is -2.26. The van der Waals surface area contributed by atoms with Crippen molar-refractivity contribution in [2.45, 2.75) is 32.7 Å². The van der Waals surface area contributed by atoms with Crippen LogP contribution in [0.2, 0.25) is 0 Å². The first-order valence-electron chi connectivity index (χ1n) is 6.91. The van der Waals surface area contributed by atoms with E-state index in [0.29, 0.717) is 6.54 Å². The Morgan fingerprint density at radius 2 is 1.94 bits per heavy atom. The number of nitrogens with two attached hydrogens (primary N) is 1. The van der Waals surface area contributed by atoms with Crippen molar-refractivity contribution in [3.63, 3.8) is 0 Å². The van der Waals surface area contributed by atoms with Crippen LogP contribution in [0.15, 0.2) is 0 Å². The van der Waals surface area contributed by atoms with Crippen LogP contribution in [-0.2, 0) is 4.79 Å². The Bertz CT molecular complexity index is 221. The molecule has 1 atom stereocenters. The van der Waals surface area contributed by atoms with E-state index in [1.807, 2.05) is 0 Å². The Kier molecular flexibility index (Phi) is 9.92. The number of primary amides is 1. The summed E-state index contributed by atoms with van der Waals surface area (Å²) in [6, 6.07) is -0.232. The fourth-order valence-electron chi connectivity index (χ4n) is 1.82. The van der Waals surface area contributed by atoms with E-state index in [1.54, 1.807) is 0 Å². The molecule has 1 unspecified atom stereocenters. The molecule has 0 radical (unpaired) electrons. The van der Waals surface area contributed by atoms with Gasteiger partial charge in [0.2, 0.25) is 5.91 Å². The van der Waals surface area contributed by atoms with Gasteiger partial charge < -0.3 is 20.9 Å². The molecule has 0 rings (SSSR count). The van der Waals surface area contributed by atoms with E-state index in [1.165, 1.54) is 0 Å². The first kappa shape index (κ1) is 17.4. The maximum Gasteiger partial charge on any atom is 0.235 e. The Balaban J connectivity index is 4.07. The molecule has 5 heteroatoms. The zero-order chi connectivity index (χ0) is 14.0. The zero-order valence-electron chi connectivity index (χ0n) is 12.4. The lowest BCUT2D eigenvalue weighted by molar-refractivity contribution is -0.120.